The molecule has 0 atom stereocenters. The second-order valence-corrected chi connectivity index (χ2v) is 13.3. The maximum Gasteiger partial charge on any atom is 0.0847 e. The minimum Gasteiger partial charge on any atom is -0.365 e. The molecule has 2 nitrogen and oxygen atoms in total. The Morgan fingerprint density at radius 1 is 0.766 bits per heavy atom. The lowest BCUT2D eigenvalue weighted by atomic mass is 9.86. The smallest absolute Gasteiger partial charge is 0.0847 e. The fourth-order valence-corrected chi connectivity index (χ4v) is 8.18. The Kier molecular flexibility index (Phi) is 7.76. The van der Waals surface area contributed by atoms with E-state index in [1.165, 1.54) is 76.9 Å². The Labute approximate surface area is 281 Å². The summed E-state index contributed by atoms with van der Waals surface area (Å²) in [5.41, 5.74) is 14.6. The van der Waals surface area contributed by atoms with Gasteiger partial charge in [0.15, 0.2) is 0 Å². The lowest BCUT2D eigenvalue weighted by molar-refractivity contribution is 0.996. The predicted octanol–water partition coefficient (Wildman–Crippen LogP) is 11.7. The van der Waals surface area contributed by atoms with Crippen LogP contribution in [0.15, 0.2) is 162 Å². The summed E-state index contributed by atoms with van der Waals surface area (Å²) in [5.74, 6) is 0. The normalized spacial score (nSPS) is 14.1. The third-order valence-corrected chi connectivity index (χ3v) is 10.3. The van der Waals surface area contributed by atoms with E-state index >= 15 is 0 Å². The van der Waals surface area contributed by atoms with Crippen molar-refractivity contribution in [2.45, 2.75) is 31.6 Å². The summed E-state index contributed by atoms with van der Waals surface area (Å²) in [6.07, 6.45) is 18.8. The molecule has 0 amide bonds. The van der Waals surface area contributed by atoms with Gasteiger partial charge >= 0.3 is 0 Å². The molecule has 0 bridgehead atoms. The van der Waals surface area contributed by atoms with Crippen LogP contribution >= 0.6 is 11.8 Å². The number of benzene rings is 5. The third kappa shape index (κ3) is 5.27. The SMILES string of the molecule is Cc1ccccc1-c1c2c(c3c(c1C)c1ccccc1n3/C(=C/C=C/NC1=CC=CC=CC1)Sc1ccccc1)Cc1ccccc1-2. The zero-order valence-electron chi connectivity index (χ0n) is 26.7. The van der Waals surface area contributed by atoms with Crippen molar-refractivity contribution < 1.29 is 0 Å². The van der Waals surface area contributed by atoms with Gasteiger partial charge in [0, 0.05) is 40.4 Å². The first kappa shape index (κ1) is 29.2. The molecule has 0 spiro atoms. The van der Waals surface area contributed by atoms with E-state index in [9.17, 15) is 0 Å². The van der Waals surface area contributed by atoms with Crippen molar-refractivity contribution in [3.8, 4) is 22.3 Å². The first-order valence-corrected chi connectivity index (χ1v) is 17.1. The van der Waals surface area contributed by atoms with E-state index in [0.29, 0.717) is 0 Å². The molecule has 3 heteroatoms. The molecule has 0 unspecified atom stereocenters. The van der Waals surface area contributed by atoms with E-state index in [-0.39, 0.29) is 0 Å². The summed E-state index contributed by atoms with van der Waals surface area (Å²) in [5, 5.41) is 7.30. The summed E-state index contributed by atoms with van der Waals surface area (Å²) < 4.78 is 2.53. The van der Waals surface area contributed by atoms with Crippen LogP contribution in [-0.4, -0.2) is 4.57 Å². The molecule has 2 aliphatic carbocycles. The molecule has 0 radical (unpaired) electrons. The zero-order valence-corrected chi connectivity index (χ0v) is 27.5. The molecule has 0 saturated heterocycles. The molecule has 1 N–H and O–H groups in total. The summed E-state index contributed by atoms with van der Waals surface area (Å²) in [7, 11) is 0. The molecule has 5 aromatic carbocycles. The van der Waals surface area contributed by atoms with E-state index in [4.69, 9.17) is 0 Å². The summed E-state index contributed by atoms with van der Waals surface area (Å²) >= 11 is 1.81. The number of rotatable bonds is 7. The first-order valence-electron chi connectivity index (χ1n) is 16.3. The van der Waals surface area contributed by atoms with Crippen LogP contribution in [0.3, 0.4) is 0 Å². The lowest BCUT2D eigenvalue weighted by Crippen LogP contribution is -2.03. The molecule has 1 aromatic heterocycles. The molecule has 6 aromatic rings. The molecule has 47 heavy (non-hydrogen) atoms. The van der Waals surface area contributed by atoms with Gasteiger partial charge in [0.2, 0.25) is 0 Å². The summed E-state index contributed by atoms with van der Waals surface area (Å²) in [4.78, 5) is 1.21. The Bertz CT molecular complexity index is 2310. The molecule has 8 rings (SSSR count). The van der Waals surface area contributed by atoms with E-state index in [2.05, 4.69) is 176 Å². The number of para-hydroxylation sites is 1. The van der Waals surface area contributed by atoms with Gasteiger partial charge in [-0.2, -0.15) is 0 Å². The van der Waals surface area contributed by atoms with E-state index in [1.807, 2.05) is 11.8 Å². The molecular formula is C44H36N2S. The number of nitrogens with zero attached hydrogens (tertiary/aromatic N) is 1. The molecule has 2 aliphatic rings. The quantitative estimate of drug-likeness (QED) is 0.140. The highest BCUT2D eigenvalue weighted by molar-refractivity contribution is 8.08. The number of allylic oxidation sites excluding steroid dienone is 7. The number of fused-ring (bicyclic) bond motifs is 7. The van der Waals surface area contributed by atoms with Crippen molar-refractivity contribution in [3.63, 3.8) is 0 Å². The van der Waals surface area contributed by atoms with E-state index in [0.717, 1.165) is 17.9 Å². The van der Waals surface area contributed by atoms with Crippen molar-refractivity contribution in [1.29, 1.82) is 0 Å². The second-order valence-electron chi connectivity index (χ2n) is 12.2. The van der Waals surface area contributed by atoms with Crippen LogP contribution < -0.4 is 5.32 Å². The molecule has 0 fully saturated rings. The van der Waals surface area contributed by atoms with Crippen molar-refractivity contribution in [1.82, 2.24) is 9.88 Å². The topological polar surface area (TPSA) is 17.0 Å². The minimum atomic E-state index is 0.884. The van der Waals surface area contributed by atoms with Crippen LogP contribution in [0.4, 0.5) is 0 Å². The van der Waals surface area contributed by atoms with Gasteiger partial charge in [-0.3, -0.25) is 0 Å². The number of aromatic nitrogens is 1. The van der Waals surface area contributed by atoms with Crippen molar-refractivity contribution in [2.24, 2.45) is 0 Å². The highest BCUT2D eigenvalue weighted by Crippen LogP contribution is 2.52. The Hall–Kier alpha value is -5.25. The maximum absolute atomic E-state index is 3.51. The fourth-order valence-electron chi connectivity index (χ4n) is 7.22. The zero-order chi connectivity index (χ0) is 31.7. The van der Waals surface area contributed by atoms with Crippen LogP contribution in [0.25, 0.3) is 49.1 Å². The molecule has 228 valence electrons. The highest BCUT2D eigenvalue weighted by atomic mass is 32.2. The number of hydrogen-bond donors (Lipinski definition) is 1. The Balaban J connectivity index is 1.41. The second kappa shape index (κ2) is 12.5. The van der Waals surface area contributed by atoms with Gasteiger partial charge in [0.05, 0.1) is 16.1 Å². The van der Waals surface area contributed by atoms with Gasteiger partial charge in [-0.25, -0.2) is 0 Å². The molecule has 0 saturated carbocycles. The number of thioether (sulfide) groups is 1. The van der Waals surface area contributed by atoms with E-state index in [1.54, 1.807) is 0 Å². The van der Waals surface area contributed by atoms with Crippen molar-refractivity contribution in [3.05, 3.63) is 180 Å². The van der Waals surface area contributed by atoms with Gasteiger partial charge in [-0.1, -0.05) is 121 Å². The minimum absolute atomic E-state index is 0.884. The monoisotopic (exact) mass is 624 g/mol. The van der Waals surface area contributed by atoms with Gasteiger partial charge < -0.3 is 9.88 Å². The van der Waals surface area contributed by atoms with Crippen LogP contribution in [0, 0.1) is 13.8 Å². The van der Waals surface area contributed by atoms with Crippen LogP contribution in [-0.2, 0) is 6.42 Å². The Morgan fingerprint density at radius 2 is 1.53 bits per heavy atom. The van der Waals surface area contributed by atoms with Gasteiger partial charge in [-0.05, 0) is 94.8 Å². The van der Waals surface area contributed by atoms with Crippen molar-refractivity contribution in [2.75, 3.05) is 0 Å². The van der Waals surface area contributed by atoms with Crippen LogP contribution in [0.5, 0.6) is 0 Å². The fraction of sp³-hybridized carbons (Fsp3) is 0.0909. The average Bonchev–Trinajstić information content (AvgIpc) is 3.53. The Morgan fingerprint density at radius 3 is 2.40 bits per heavy atom. The largest absolute Gasteiger partial charge is 0.365 e. The maximum atomic E-state index is 3.51. The summed E-state index contributed by atoms with van der Waals surface area (Å²) in [6, 6.07) is 37.5. The number of aryl methyl sites for hydroxylation is 2. The summed E-state index contributed by atoms with van der Waals surface area (Å²) in [6.45, 7) is 4.58. The van der Waals surface area contributed by atoms with Gasteiger partial charge in [0.25, 0.3) is 0 Å². The van der Waals surface area contributed by atoms with E-state index < -0.39 is 0 Å². The number of hydrogen-bond acceptors (Lipinski definition) is 2. The molecule has 0 aliphatic heterocycles. The number of nitrogens with one attached hydrogen (secondary N) is 1. The first-order chi connectivity index (χ1) is 23.2. The van der Waals surface area contributed by atoms with Crippen LogP contribution in [0.1, 0.15) is 28.7 Å². The average molecular weight is 625 g/mol. The van der Waals surface area contributed by atoms with Crippen LogP contribution in [0.2, 0.25) is 0 Å². The van der Waals surface area contributed by atoms with Crippen molar-refractivity contribution >= 4 is 38.6 Å². The standard InChI is InChI=1S/C44H36N2S/c1-30-17-10-12-23-35(30)41-31(2)42-37-25-14-15-26-39(37)46(44(42)38-29-32-18-11-13-24-36(32)43(38)41)40(47-34-21-8-5-9-22-34)27-16-28-45-33-19-6-3-4-7-20-33/h3-19,21-28,45H,20,29H2,1-2H3/b28-16+,40-27-. The molecular weight excluding hydrogens is 589 g/mol. The van der Waals surface area contributed by atoms with Gasteiger partial charge in [0.1, 0.15) is 0 Å². The highest BCUT2D eigenvalue weighted by Gasteiger charge is 2.31. The lowest BCUT2D eigenvalue weighted by Gasteiger charge is -2.20. The molecule has 1 heterocycles. The van der Waals surface area contributed by atoms with Gasteiger partial charge in [-0.15, -0.1) is 0 Å². The predicted molar refractivity (Wildman–Crippen MR) is 202 cm³/mol. The third-order valence-electron chi connectivity index (χ3n) is 9.31.